The van der Waals surface area contributed by atoms with Crippen LogP contribution >= 0.6 is 0 Å². The fourth-order valence-electron chi connectivity index (χ4n) is 2.53. The molecule has 0 heterocycles. The van der Waals surface area contributed by atoms with Gasteiger partial charge in [-0.1, -0.05) is 19.8 Å². The van der Waals surface area contributed by atoms with E-state index in [1.165, 1.54) is 13.3 Å². The smallest absolute Gasteiger partial charge is 0.305 e. The molecule has 0 aromatic heterocycles. The maximum atomic E-state index is 11.5. The SMILES string of the molecule is CC(=O)N(CCC(=O)O)C1CCCCC1C. The lowest BCUT2D eigenvalue weighted by Crippen LogP contribution is -2.45. The van der Waals surface area contributed by atoms with E-state index in [1.807, 2.05) is 0 Å². The van der Waals surface area contributed by atoms with Gasteiger partial charge in [-0.25, -0.2) is 0 Å². The second-order valence-electron chi connectivity index (χ2n) is 4.69. The first-order valence-corrected chi connectivity index (χ1v) is 6.01. The third-order valence-corrected chi connectivity index (χ3v) is 3.44. The van der Waals surface area contributed by atoms with Crippen LogP contribution in [0.1, 0.15) is 46.0 Å². The number of carbonyl (C=O) groups excluding carboxylic acids is 1. The zero-order chi connectivity index (χ0) is 12.1. The van der Waals surface area contributed by atoms with Gasteiger partial charge in [-0.05, 0) is 18.8 Å². The van der Waals surface area contributed by atoms with Gasteiger partial charge in [-0.15, -0.1) is 0 Å². The molecule has 4 heteroatoms. The predicted octanol–water partition coefficient (Wildman–Crippen LogP) is 1.89. The number of hydrogen-bond acceptors (Lipinski definition) is 2. The normalized spacial score (nSPS) is 25.1. The van der Waals surface area contributed by atoms with Crippen molar-refractivity contribution in [2.45, 2.75) is 52.0 Å². The molecule has 16 heavy (non-hydrogen) atoms. The van der Waals surface area contributed by atoms with Gasteiger partial charge >= 0.3 is 5.97 Å². The van der Waals surface area contributed by atoms with E-state index in [-0.39, 0.29) is 18.4 Å². The van der Waals surface area contributed by atoms with Crippen LogP contribution in [-0.4, -0.2) is 34.5 Å². The van der Waals surface area contributed by atoms with Gasteiger partial charge in [0.25, 0.3) is 0 Å². The van der Waals surface area contributed by atoms with Crippen LogP contribution in [0.15, 0.2) is 0 Å². The minimum absolute atomic E-state index is 0. The number of rotatable bonds is 4. The van der Waals surface area contributed by atoms with Crippen LogP contribution in [0.2, 0.25) is 0 Å². The molecule has 0 radical (unpaired) electrons. The lowest BCUT2D eigenvalue weighted by Gasteiger charge is -2.38. The summed E-state index contributed by atoms with van der Waals surface area (Å²) >= 11 is 0. The second kappa shape index (κ2) is 5.87. The van der Waals surface area contributed by atoms with Crippen molar-refractivity contribution in [3.8, 4) is 0 Å². The maximum Gasteiger partial charge on any atom is 0.305 e. The van der Waals surface area contributed by atoms with E-state index >= 15 is 0 Å². The van der Waals surface area contributed by atoms with Crippen molar-refractivity contribution < 1.29 is 14.7 Å². The third-order valence-electron chi connectivity index (χ3n) is 3.44. The van der Waals surface area contributed by atoms with Crippen LogP contribution in [0.5, 0.6) is 0 Å². The fourth-order valence-corrected chi connectivity index (χ4v) is 2.53. The highest BCUT2D eigenvalue weighted by atomic mass is 16.4. The number of carboxylic acid groups (broad SMARTS) is 1. The van der Waals surface area contributed by atoms with Gasteiger partial charge in [-0.3, -0.25) is 9.59 Å². The molecule has 0 bridgehead atoms. The van der Waals surface area contributed by atoms with Crippen LogP contribution in [0.25, 0.3) is 0 Å². The molecule has 0 spiro atoms. The summed E-state index contributed by atoms with van der Waals surface area (Å²) < 4.78 is 0. The van der Waals surface area contributed by atoms with Gasteiger partial charge in [0.2, 0.25) is 5.91 Å². The Morgan fingerprint density at radius 1 is 1.31 bits per heavy atom. The Kier molecular flexibility index (Phi) is 4.77. The molecule has 4 nitrogen and oxygen atoms in total. The molecular formula is C12H21NO3. The van der Waals surface area contributed by atoms with Crippen LogP contribution in [0, 0.1) is 5.92 Å². The molecule has 1 amide bonds. The summed E-state index contributed by atoms with van der Waals surface area (Å²) in [5.74, 6) is -0.346. The molecule has 1 rings (SSSR count). The van der Waals surface area contributed by atoms with Crippen molar-refractivity contribution in [1.29, 1.82) is 0 Å². The van der Waals surface area contributed by atoms with E-state index in [4.69, 9.17) is 5.11 Å². The second-order valence-corrected chi connectivity index (χ2v) is 4.69. The van der Waals surface area contributed by atoms with Gasteiger partial charge in [0.15, 0.2) is 0 Å². The highest BCUT2D eigenvalue weighted by Gasteiger charge is 2.28. The van der Waals surface area contributed by atoms with E-state index in [1.54, 1.807) is 4.90 Å². The average molecular weight is 227 g/mol. The van der Waals surface area contributed by atoms with E-state index < -0.39 is 5.97 Å². The van der Waals surface area contributed by atoms with E-state index in [0.717, 1.165) is 19.3 Å². The Morgan fingerprint density at radius 2 is 1.94 bits per heavy atom. The van der Waals surface area contributed by atoms with Gasteiger partial charge < -0.3 is 10.0 Å². The summed E-state index contributed by atoms with van der Waals surface area (Å²) in [5, 5.41) is 8.67. The number of carbonyl (C=O) groups is 2. The summed E-state index contributed by atoms with van der Waals surface area (Å²) in [6.45, 7) is 4.03. The van der Waals surface area contributed by atoms with Gasteiger partial charge in [-0.2, -0.15) is 0 Å². The largest absolute Gasteiger partial charge is 0.481 e. The van der Waals surface area contributed by atoms with E-state index in [0.29, 0.717) is 12.5 Å². The molecule has 2 unspecified atom stereocenters. The van der Waals surface area contributed by atoms with Gasteiger partial charge in [0, 0.05) is 19.5 Å². The number of nitrogens with zero attached hydrogens (tertiary/aromatic N) is 1. The van der Waals surface area contributed by atoms with Crippen LogP contribution in [0.4, 0.5) is 0 Å². The first-order chi connectivity index (χ1) is 7.52. The van der Waals surface area contributed by atoms with Crippen molar-refractivity contribution in [3.05, 3.63) is 0 Å². The monoisotopic (exact) mass is 227 g/mol. The standard InChI is InChI=1S/C12H21NO3/c1-9-5-3-4-6-11(9)13(10(2)14)8-7-12(15)16/h9,11H,3-8H2,1-2H3,(H,15,16). The number of hydrogen-bond donors (Lipinski definition) is 1. The summed E-state index contributed by atoms with van der Waals surface area (Å²) in [6, 6.07) is 0.241. The van der Waals surface area contributed by atoms with Crippen molar-refractivity contribution >= 4 is 11.9 Å². The minimum atomic E-state index is -0.838. The number of amides is 1. The topological polar surface area (TPSA) is 57.6 Å². The van der Waals surface area contributed by atoms with Crippen molar-refractivity contribution in [2.24, 2.45) is 5.92 Å². The lowest BCUT2D eigenvalue weighted by atomic mass is 9.84. The summed E-state index contributed by atoms with van der Waals surface area (Å²) in [5.41, 5.74) is 0. The third kappa shape index (κ3) is 3.51. The molecule has 1 aliphatic carbocycles. The number of aliphatic carboxylic acids is 1. The molecule has 1 N–H and O–H groups in total. The summed E-state index contributed by atoms with van der Waals surface area (Å²) in [4.78, 5) is 23.8. The Morgan fingerprint density at radius 3 is 2.44 bits per heavy atom. The molecule has 0 aromatic carbocycles. The summed E-state index contributed by atoms with van der Waals surface area (Å²) in [6.07, 6.45) is 4.57. The fraction of sp³-hybridized carbons (Fsp3) is 0.833. The highest BCUT2D eigenvalue weighted by molar-refractivity contribution is 5.74. The van der Waals surface area contributed by atoms with Crippen molar-refractivity contribution in [3.63, 3.8) is 0 Å². The van der Waals surface area contributed by atoms with Crippen LogP contribution in [0.3, 0.4) is 0 Å². The van der Waals surface area contributed by atoms with Crippen LogP contribution in [-0.2, 0) is 9.59 Å². The predicted molar refractivity (Wildman–Crippen MR) is 61.1 cm³/mol. The average Bonchev–Trinajstić information content (AvgIpc) is 2.20. The minimum Gasteiger partial charge on any atom is -0.481 e. The Labute approximate surface area is 96.6 Å². The van der Waals surface area contributed by atoms with E-state index in [9.17, 15) is 9.59 Å². The molecule has 1 aliphatic rings. The van der Waals surface area contributed by atoms with Crippen LogP contribution < -0.4 is 0 Å². The van der Waals surface area contributed by atoms with Gasteiger partial charge in [0.05, 0.1) is 6.42 Å². The molecular weight excluding hydrogens is 206 g/mol. The summed E-state index contributed by atoms with van der Waals surface area (Å²) in [7, 11) is 0. The van der Waals surface area contributed by atoms with Gasteiger partial charge in [0.1, 0.15) is 0 Å². The van der Waals surface area contributed by atoms with Crippen molar-refractivity contribution in [1.82, 2.24) is 4.90 Å². The lowest BCUT2D eigenvalue weighted by molar-refractivity contribution is -0.139. The zero-order valence-electron chi connectivity index (χ0n) is 10.1. The Hall–Kier alpha value is -1.06. The van der Waals surface area contributed by atoms with E-state index in [2.05, 4.69) is 6.92 Å². The Bertz CT molecular complexity index is 265. The molecule has 0 aromatic rings. The number of carboxylic acids is 1. The maximum absolute atomic E-state index is 11.5. The Balaban J connectivity index is 2.60. The molecule has 1 saturated carbocycles. The highest BCUT2D eigenvalue weighted by Crippen LogP contribution is 2.28. The first kappa shape index (κ1) is 13.0. The first-order valence-electron chi connectivity index (χ1n) is 6.01. The molecule has 92 valence electrons. The molecule has 2 atom stereocenters. The quantitative estimate of drug-likeness (QED) is 0.797. The zero-order valence-corrected chi connectivity index (χ0v) is 10.1. The molecule has 0 saturated heterocycles. The van der Waals surface area contributed by atoms with Crippen molar-refractivity contribution in [2.75, 3.05) is 6.54 Å². The molecule has 0 aliphatic heterocycles. The molecule has 1 fully saturated rings.